The van der Waals surface area contributed by atoms with Crippen molar-refractivity contribution >= 4 is 5.91 Å². The summed E-state index contributed by atoms with van der Waals surface area (Å²) in [6, 6.07) is 3.46. The number of pyridine rings is 1. The Morgan fingerprint density at radius 2 is 2.10 bits per heavy atom. The standard InChI is InChI=1S/C15H23N3O2/c1-10(2)12-8-18(9-14(12)17(3)4)15(20)13-6-5-11(19)7-16-13/h5-7,10,12,14,19H,8-9H2,1-4H3/t12-,14+/m0/s1. The molecule has 1 fully saturated rings. The number of likely N-dealkylation sites (tertiary alicyclic amines) is 1. The van der Waals surface area contributed by atoms with Gasteiger partial charge in [-0.1, -0.05) is 13.8 Å². The van der Waals surface area contributed by atoms with Gasteiger partial charge in [-0.2, -0.15) is 0 Å². The van der Waals surface area contributed by atoms with E-state index in [0.29, 0.717) is 23.6 Å². The number of rotatable bonds is 3. The van der Waals surface area contributed by atoms with Gasteiger partial charge in [0.25, 0.3) is 5.91 Å². The van der Waals surface area contributed by atoms with Crippen LogP contribution in [0.2, 0.25) is 0 Å². The molecule has 0 aliphatic carbocycles. The lowest BCUT2D eigenvalue weighted by molar-refractivity contribution is 0.0774. The molecule has 1 aliphatic rings. The Balaban J connectivity index is 2.14. The summed E-state index contributed by atoms with van der Waals surface area (Å²) in [6.07, 6.45) is 1.31. The summed E-state index contributed by atoms with van der Waals surface area (Å²) in [4.78, 5) is 20.5. The van der Waals surface area contributed by atoms with E-state index >= 15 is 0 Å². The number of aromatic hydroxyl groups is 1. The molecule has 0 unspecified atom stereocenters. The van der Waals surface area contributed by atoms with Gasteiger partial charge < -0.3 is 14.9 Å². The normalized spacial score (nSPS) is 22.8. The molecule has 0 radical (unpaired) electrons. The molecule has 1 aliphatic heterocycles. The van der Waals surface area contributed by atoms with E-state index in [1.54, 1.807) is 6.07 Å². The van der Waals surface area contributed by atoms with Gasteiger partial charge in [0.15, 0.2) is 0 Å². The van der Waals surface area contributed by atoms with Crippen LogP contribution in [-0.4, -0.2) is 59.0 Å². The highest BCUT2D eigenvalue weighted by Gasteiger charge is 2.38. The number of nitrogens with zero attached hydrogens (tertiary/aromatic N) is 3. The largest absolute Gasteiger partial charge is 0.506 e. The molecular formula is C15H23N3O2. The first-order valence-corrected chi connectivity index (χ1v) is 7.01. The summed E-state index contributed by atoms with van der Waals surface area (Å²) in [7, 11) is 4.12. The maximum absolute atomic E-state index is 12.5. The van der Waals surface area contributed by atoms with Gasteiger partial charge in [0.1, 0.15) is 11.4 Å². The topological polar surface area (TPSA) is 56.7 Å². The molecule has 20 heavy (non-hydrogen) atoms. The van der Waals surface area contributed by atoms with Gasteiger partial charge >= 0.3 is 0 Å². The van der Waals surface area contributed by atoms with Crippen molar-refractivity contribution in [1.82, 2.24) is 14.8 Å². The summed E-state index contributed by atoms with van der Waals surface area (Å²) < 4.78 is 0. The Labute approximate surface area is 120 Å². The van der Waals surface area contributed by atoms with Gasteiger partial charge in [-0.3, -0.25) is 4.79 Å². The second-order valence-electron chi connectivity index (χ2n) is 6.05. The molecule has 1 amide bonds. The zero-order valence-electron chi connectivity index (χ0n) is 12.6. The predicted octanol–water partition coefficient (Wildman–Crippen LogP) is 1.45. The quantitative estimate of drug-likeness (QED) is 0.908. The molecular weight excluding hydrogens is 254 g/mol. The molecule has 2 rings (SSSR count). The molecule has 0 spiro atoms. The molecule has 0 aromatic carbocycles. The number of carbonyl (C=O) groups excluding carboxylic acids is 1. The lowest BCUT2D eigenvalue weighted by Gasteiger charge is -2.27. The van der Waals surface area contributed by atoms with Crippen molar-refractivity contribution in [2.45, 2.75) is 19.9 Å². The Bertz CT molecular complexity index is 455. The third-order valence-electron chi connectivity index (χ3n) is 4.11. The minimum atomic E-state index is -0.0556. The number of carbonyl (C=O) groups is 1. The highest BCUT2D eigenvalue weighted by atomic mass is 16.3. The molecule has 2 atom stereocenters. The number of hydrogen-bond donors (Lipinski definition) is 1. The highest BCUT2D eigenvalue weighted by molar-refractivity contribution is 5.92. The van der Waals surface area contributed by atoms with Crippen LogP contribution in [0.15, 0.2) is 18.3 Å². The molecule has 2 heterocycles. The molecule has 1 saturated heterocycles. The fourth-order valence-electron chi connectivity index (χ4n) is 2.85. The molecule has 1 aromatic heterocycles. The smallest absolute Gasteiger partial charge is 0.272 e. The molecule has 110 valence electrons. The number of amides is 1. The SMILES string of the molecule is CC(C)[C@@H]1CN(C(=O)c2ccc(O)cn2)C[C@H]1N(C)C. The van der Waals surface area contributed by atoms with Crippen LogP contribution in [0.4, 0.5) is 0 Å². The number of aromatic nitrogens is 1. The van der Waals surface area contributed by atoms with E-state index in [4.69, 9.17) is 0 Å². The van der Waals surface area contributed by atoms with Crippen LogP contribution in [0.25, 0.3) is 0 Å². The van der Waals surface area contributed by atoms with Gasteiger partial charge in [-0.05, 0) is 38.1 Å². The first kappa shape index (κ1) is 14.8. The van der Waals surface area contributed by atoms with E-state index in [1.165, 1.54) is 12.3 Å². The van der Waals surface area contributed by atoms with Crippen LogP contribution < -0.4 is 0 Å². The van der Waals surface area contributed by atoms with E-state index in [1.807, 2.05) is 4.90 Å². The summed E-state index contributed by atoms with van der Waals surface area (Å²) in [5.74, 6) is 1.04. The van der Waals surface area contributed by atoms with Crippen LogP contribution in [0.3, 0.4) is 0 Å². The fraction of sp³-hybridized carbons (Fsp3) is 0.600. The highest BCUT2D eigenvalue weighted by Crippen LogP contribution is 2.28. The zero-order valence-corrected chi connectivity index (χ0v) is 12.6. The maximum Gasteiger partial charge on any atom is 0.272 e. The van der Waals surface area contributed by atoms with Crippen molar-refractivity contribution in [3.8, 4) is 5.75 Å². The van der Waals surface area contributed by atoms with Crippen molar-refractivity contribution < 1.29 is 9.90 Å². The second kappa shape index (κ2) is 5.79. The average Bonchev–Trinajstić information content (AvgIpc) is 2.84. The summed E-state index contributed by atoms with van der Waals surface area (Å²) >= 11 is 0. The molecule has 0 saturated carbocycles. The lowest BCUT2D eigenvalue weighted by atomic mass is 9.91. The van der Waals surface area contributed by atoms with E-state index < -0.39 is 0 Å². The first-order valence-electron chi connectivity index (χ1n) is 7.01. The monoisotopic (exact) mass is 277 g/mol. The first-order chi connectivity index (χ1) is 9.40. The van der Waals surface area contributed by atoms with Gasteiger partial charge in [-0.15, -0.1) is 0 Å². The lowest BCUT2D eigenvalue weighted by Crippen LogP contribution is -2.37. The summed E-state index contributed by atoms with van der Waals surface area (Å²) in [6.45, 7) is 5.90. The van der Waals surface area contributed by atoms with E-state index in [9.17, 15) is 9.90 Å². The molecule has 5 nitrogen and oxygen atoms in total. The Morgan fingerprint density at radius 3 is 2.55 bits per heavy atom. The molecule has 0 bridgehead atoms. The minimum absolute atomic E-state index is 0.0556. The van der Waals surface area contributed by atoms with Crippen LogP contribution in [0, 0.1) is 11.8 Å². The molecule has 1 N–H and O–H groups in total. The van der Waals surface area contributed by atoms with Crippen molar-refractivity contribution in [3.63, 3.8) is 0 Å². The van der Waals surface area contributed by atoms with Gasteiger partial charge in [-0.25, -0.2) is 4.98 Å². The molecule has 5 heteroatoms. The Morgan fingerprint density at radius 1 is 1.40 bits per heavy atom. The third kappa shape index (κ3) is 2.93. The fourth-order valence-corrected chi connectivity index (χ4v) is 2.85. The summed E-state index contributed by atoms with van der Waals surface area (Å²) in [5.41, 5.74) is 0.393. The third-order valence-corrected chi connectivity index (χ3v) is 4.11. The number of likely N-dealkylation sites (N-methyl/N-ethyl adjacent to an activating group) is 1. The van der Waals surface area contributed by atoms with Crippen molar-refractivity contribution in [3.05, 3.63) is 24.0 Å². The van der Waals surface area contributed by atoms with E-state index in [-0.39, 0.29) is 11.7 Å². The Hall–Kier alpha value is -1.62. The van der Waals surface area contributed by atoms with Crippen LogP contribution in [-0.2, 0) is 0 Å². The van der Waals surface area contributed by atoms with Crippen LogP contribution >= 0.6 is 0 Å². The van der Waals surface area contributed by atoms with Gasteiger partial charge in [0.2, 0.25) is 0 Å². The van der Waals surface area contributed by atoms with Gasteiger partial charge in [0.05, 0.1) is 6.20 Å². The second-order valence-corrected chi connectivity index (χ2v) is 6.05. The number of hydrogen-bond acceptors (Lipinski definition) is 4. The molecule has 1 aromatic rings. The van der Waals surface area contributed by atoms with Crippen LogP contribution in [0.5, 0.6) is 5.75 Å². The summed E-state index contributed by atoms with van der Waals surface area (Å²) in [5, 5.41) is 9.24. The van der Waals surface area contributed by atoms with Crippen molar-refractivity contribution in [1.29, 1.82) is 0 Å². The van der Waals surface area contributed by atoms with E-state index in [2.05, 4.69) is 37.8 Å². The van der Waals surface area contributed by atoms with Crippen LogP contribution in [0.1, 0.15) is 24.3 Å². The van der Waals surface area contributed by atoms with Crippen molar-refractivity contribution in [2.75, 3.05) is 27.2 Å². The zero-order chi connectivity index (χ0) is 14.9. The minimum Gasteiger partial charge on any atom is -0.506 e. The predicted molar refractivity (Wildman–Crippen MR) is 77.6 cm³/mol. The Kier molecular flexibility index (Phi) is 4.28. The average molecular weight is 277 g/mol. The van der Waals surface area contributed by atoms with E-state index in [0.717, 1.165) is 13.1 Å². The van der Waals surface area contributed by atoms with Gasteiger partial charge in [0, 0.05) is 19.1 Å². The maximum atomic E-state index is 12.5. The van der Waals surface area contributed by atoms with Crippen molar-refractivity contribution in [2.24, 2.45) is 11.8 Å².